The van der Waals surface area contributed by atoms with Crippen molar-refractivity contribution in [3.63, 3.8) is 0 Å². The maximum Gasteiger partial charge on any atom is 0.317 e. The van der Waals surface area contributed by atoms with E-state index in [2.05, 4.69) is 71.1 Å². The molecule has 1 aliphatic rings. The average molecular weight is 598 g/mol. The van der Waals surface area contributed by atoms with Gasteiger partial charge >= 0.3 is 5.97 Å². The Morgan fingerprint density at radius 3 is 2.50 bits per heavy atom. The van der Waals surface area contributed by atoms with E-state index in [-0.39, 0.29) is 19.3 Å². The third kappa shape index (κ3) is 7.37. The summed E-state index contributed by atoms with van der Waals surface area (Å²) in [6, 6.07) is 24.7. The third-order valence-corrected chi connectivity index (χ3v) is 7.80. The molecule has 1 aromatic heterocycles. The van der Waals surface area contributed by atoms with Crippen LogP contribution in [0.5, 0.6) is 17.5 Å². The number of carboxylic acids is 1. The van der Waals surface area contributed by atoms with E-state index < -0.39 is 5.97 Å². The fourth-order valence-corrected chi connectivity index (χ4v) is 5.69. The van der Waals surface area contributed by atoms with Crippen molar-refractivity contribution in [2.24, 2.45) is 0 Å². The van der Waals surface area contributed by atoms with E-state index in [1.807, 2.05) is 18.2 Å². The summed E-state index contributed by atoms with van der Waals surface area (Å²) in [5.41, 5.74) is 9.15. The largest absolute Gasteiger partial charge is 0.492 e. The van der Waals surface area contributed by atoms with Crippen molar-refractivity contribution < 1.29 is 29.2 Å². The quantitative estimate of drug-likeness (QED) is 0.141. The van der Waals surface area contributed by atoms with Crippen molar-refractivity contribution in [2.75, 3.05) is 40.0 Å². The summed E-state index contributed by atoms with van der Waals surface area (Å²) in [5.74, 6) is 0.781. The minimum atomic E-state index is -0.919. The lowest BCUT2D eigenvalue weighted by Crippen LogP contribution is -2.23. The lowest BCUT2D eigenvalue weighted by atomic mass is 9.89. The first-order valence-corrected chi connectivity index (χ1v) is 14.9. The second kappa shape index (κ2) is 14.8. The number of carbonyl (C=O) groups is 1. The number of ether oxygens (including phenoxy) is 3. The number of pyridine rings is 1. The molecule has 9 heteroatoms. The molecule has 0 bridgehead atoms. The Hall–Kier alpha value is -4.44. The number of aliphatic carboxylic acids is 1. The summed E-state index contributed by atoms with van der Waals surface area (Å²) in [6.45, 7) is 4.27. The molecule has 230 valence electrons. The highest BCUT2D eigenvalue weighted by atomic mass is 16.5. The van der Waals surface area contributed by atoms with Gasteiger partial charge in [0.05, 0.1) is 20.3 Å². The smallest absolute Gasteiger partial charge is 0.317 e. The number of nitrogens with zero attached hydrogens (tertiary/aromatic N) is 1. The lowest BCUT2D eigenvalue weighted by Gasteiger charge is -2.18. The standard InChI is InChI=1S/C35H39N3O6/c1-23-27(24-9-12-26(13-10-24)43-20-18-36-17-19-39)5-3-6-28(23)29-7-4-8-31-30(29)14-15-32(31)44-33-16-11-25(35(38-33)42-2)21-37-22-34(40)41/h3-13,16,32,36-37,39H,14-15,17-22H2,1-2H3,(H,40,41)/t32-/m0/s1. The summed E-state index contributed by atoms with van der Waals surface area (Å²) < 4.78 is 17.7. The Balaban J connectivity index is 1.32. The van der Waals surface area contributed by atoms with E-state index in [4.69, 9.17) is 24.4 Å². The highest BCUT2D eigenvalue weighted by molar-refractivity contribution is 5.80. The first-order chi connectivity index (χ1) is 21.5. The maximum absolute atomic E-state index is 10.8. The predicted octanol–water partition coefficient (Wildman–Crippen LogP) is 4.93. The van der Waals surface area contributed by atoms with Gasteiger partial charge in [-0.15, -0.1) is 0 Å². The zero-order valence-electron chi connectivity index (χ0n) is 25.1. The van der Waals surface area contributed by atoms with Gasteiger partial charge in [0, 0.05) is 31.3 Å². The highest BCUT2D eigenvalue weighted by Gasteiger charge is 2.28. The van der Waals surface area contributed by atoms with Crippen LogP contribution in [0.2, 0.25) is 0 Å². The molecule has 0 amide bonds. The molecule has 44 heavy (non-hydrogen) atoms. The van der Waals surface area contributed by atoms with E-state index in [1.54, 1.807) is 13.2 Å². The molecule has 1 atom stereocenters. The Morgan fingerprint density at radius 1 is 0.955 bits per heavy atom. The van der Waals surface area contributed by atoms with Crippen LogP contribution >= 0.6 is 0 Å². The fraction of sp³-hybridized carbons (Fsp3) is 0.314. The van der Waals surface area contributed by atoms with Crippen LogP contribution in [0.1, 0.15) is 34.8 Å². The predicted molar refractivity (Wildman–Crippen MR) is 169 cm³/mol. The van der Waals surface area contributed by atoms with Crippen LogP contribution in [0.15, 0.2) is 72.8 Å². The van der Waals surface area contributed by atoms with Gasteiger partial charge in [-0.2, -0.15) is 4.98 Å². The van der Waals surface area contributed by atoms with Gasteiger partial charge in [-0.3, -0.25) is 4.79 Å². The SMILES string of the molecule is COc1nc(O[C@H]2CCc3c(-c4cccc(-c5ccc(OCCNCCO)cc5)c4C)cccc32)ccc1CNCC(=O)O. The van der Waals surface area contributed by atoms with Gasteiger partial charge in [0.1, 0.15) is 18.5 Å². The molecule has 0 saturated heterocycles. The summed E-state index contributed by atoms with van der Waals surface area (Å²) in [6.07, 6.45) is 1.61. The number of fused-ring (bicyclic) bond motifs is 1. The van der Waals surface area contributed by atoms with Crippen LogP contribution in [0, 0.1) is 6.92 Å². The maximum atomic E-state index is 10.8. The van der Waals surface area contributed by atoms with Crippen LogP contribution in [-0.4, -0.2) is 61.1 Å². The zero-order valence-corrected chi connectivity index (χ0v) is 25.1. The number of aromatic nitrogens is 1. The van der Waals surface area contributed by atoms with Gasteiger partial charge < -0.3 is 35.1 Å². The fourth-order valence-electron chi connectivity index (χ4n) is 5.69. The van der Waals surface area contributed by atoms with Crippen LogP contribution in [0.25, 0.3) is 22.3 Å². The van der Waals surface area contributed by atoms with Crippen molar-refractivity contribution in [2.45, 2.75) is 32.4 Å². The van der Waals surface area contributed by atoms with Crippen LogP contribution in [-0.2, 0) is 17.8 Å². The third-order valence-electron chi connectivity index (χ3n) is 7.80. The number of hydrogen-bond donors (Lipinski definition) is 4. The Bertz CT molecular complexity index is 1570. The summed E-state index contributed by atoms with van der Waals surface area (Å²) in [4.78, 5) is 15.4. The van der Waals surface area contributed by atoms with Gasteiger partial charge in [-0.1, -0.05) is 48.5 Å². The minimum absolute atomic E-state index is 0.118. The Labute approximate surface area is 257 Å². The van der Waals surface area contributed by atoms with Crippen molar-refractivity contribution in [1.82, 2.24) is 15.6 Å². The second-order valence-electron chi connectivity index (χ2n) is 10.7. The van der Waals surface area contributed by atoms with Crippen molar-refractivity contribution in [1.29, 1.82) is 0 Å². The number of aliphatic hydroxyl groups is 1. The molecule has 0 aliphatic heterocycles. The number of hydrogen-bond acceptors (Lipinski definition) is 8. The van der Waals surface area contributed by atoms with E-state index >= 15 is 0 Å². The van der Waals surface area contributed by atoms with Crippen LogP contribution < -0.4 is 24.8 Å². The topological polar surface area (TPSA) is 122 Å². The molecule has 3 aromatic carbocycles. The molecule has 1 heterocycles. The summed E-state index contributed by atoms with van der Waals surface area (Å²) in [7, 11) is 1.54. The monoisotopic (exact) mass is 597 g/mol. The van der Waals surface area contributed by atoms with Gasteiger partial charge in [-0.05, 0) is 76.9 Å². The van der Waals surface area contributed by atoms with Gasteiger partial charge in [-0.25, -0.2) is 0 Å². The van der Waals surface area contributed by atoms with E-state index in [0.29, 0.717) is 38.0 Å². The molecule has 0 saturated carbocycles. The Morgan fingerprint density at radius 2 is 1.73 bits per heavy atom. The van der Waals surface area contributed by atoms with E-state index in [1.165, 1.54) is 27.8 Å². The number of rotatable bonds is 15. The van der Waals surface area contributed by atoms with Crippen LogP contribution in [0.3, 0.4) is 0 Å². The molecular weight excluding hydrogens is 558 g/mol. The number of methoxy groups -OCH3 is 1. The first kappa shape index (κ1) is 31.0. The molecule has 9 nitrogen and oxygen atoms in total. The lowest BCUT2D eigenvalue weighted by molar-refractivity contribution is -0.136. The normalized spacial score (nSPS) is 13.8. The van der Waals surface area contributed by atoms with E-state index in [0.717, 1.165) is 35.3 Å². The Kier molecular flexibility index (Phi) is 10.5. The number of carboxylic acid groups (broad SMARTS) is 1. The zero-order chi connectivity index (χ0) is 30.9. The molecule has 4 N–H and O–H groups in total. The molecule has 1 aliphatic carbocycles. The van der Waals surface area contributed by atoms with Gasteiger partial charge in [0.2, 0.25) is 11.8 Å². The van der Waals surface area contributed by atoms with Gasteiger partial charge in [0.15, 0.2) is 0 Å². The minimum Gasteiger partial charge on any atom is -0.492 e. The average Bonchev–Trinajstić information content (AvgIpc) is 3.44. The van der Waals surface area contributed by atoms with Gasteiger partial charge in [0.25, 0.3) is 0 Å². The number of benzene rings is 3. The van der Waals surface area contributed by atoms with E-state index in [9.17, 15) is 4.79 Å². The molecule has 0 radical (unpaired) electrons. The first-order valence-electron chi connectivity index (χ1n) is 14.9. The molecule has 0 fully saturated rings. The highest BCUT2D eigenvalue weighted by Crippen LogP contribution is 2.42. The molecule has 5 rings (SSSR count). The molecule has 0 unspecified atom stereocenters. The molecule has 4 aromatic rings. The summed E-state index contributed by atoms with van der Waals surface area (Å²) in [5, 5.41) is 23.7. The second-order valence-corrected chi connectivity index (χ2v) is 10.7. The summed E-state index contributed by atoms with van der Waals surface area (Å²) >= 11 is 0. The number of aliphatic hydroxyl groups excluding tert-OH is 1. The molecular formula is C35H39N3O6. The van der Waals surface area contributed by atoms with Crippen molar-refractivity contribution in [3.8, 4) is 39.8 Å². The van der Waals surface area contributed by atoms with Crippen LogP contribution in [0.4, 0.5) is 0 Å². The number of nitrogens with one attached hydrogen (secondary N) is 2. The van der Waals surface area contributed by atoms with Crippen molar-refractivity contribution >= 4 is 5.97 Å². The van der Waals surface area contributed by atoms with Crippen molar-refractivity contribution in [3.05, 3.63) is 95.1 Å². The molecule has 0 spiro atoms.